The molecule has 7 nitrogen and oxygen atoms in total. The van der Waals surface area contributed by atoms with Gasteiger partial charge in [0.25, 0.3) is 5.91 Å². The van der Waals surface area contributed by atoms with Crippen LogP contribution in [0.15, 0.2) is 6.20 Å². The SMILES string of the molecule is O=C(NC(CC1CCCCC1)C(=O)O)c1cn[nH]n1. The molecular formula is C12H18N4O3. The molecule has 1 unspecified atom stereocenters. The number of carbonyl (C=O) groups is 2. The Morgan fingerprint density at radius 1 is 1.42 bits per heavy atom. The first kappa shape index (κ1) is 13.5. The van der Waals surface area contributed by atoms with Crippen LogP contribution in [0.5, 0.6) is 0 Å². The number of aliphatic carboxylic acids is 1. The van der Waals surface area contributed by atoms with Gasteiger partial charge in [0.15, 0.2) is 5.69 Å². The lowest BCUT2D eigenvalue weighted by Gasteiger charge is -2.24. The van der Waals surface area contributed by atoms with Gasteiger partial charge in [0.05, 0.1) is 6.20 Å². The molecule has 2 rings (SSSR count). The molecule has 104 valence electrons. The molecule has 3 N–H and O–H groups in total. The van der Waals surface area contributed by atoms with Crippen LogP contribution in [0.4, 0.5) is 0 Å². The Bertz CT molecular complexity index is 426. The third kappa shape index (κ3) is 3.77. The topological polar surface area (TPSA) is 108 Å². The van der Waals surface area contributed by atoms with Gasteiger partial charge in [-0.15, -0.1) is 0 Å². The molecule has 1 aromatic heterocycles. The number of hydrogen-bond acceptors (Lipinski definition) is 4. The maximum atomic E-state index is 11.8. The van der Waals surface area contributed by atoms with Gasteiger partial charge in [0, 0.05) is 0 Å². The van der Waals surface area contributed by atoms with E-state index in [0.29, 0.717) is 12.3 Å². The van der Waals surface area contributed by atoms with Crippen LogP contribution in [0.2, 0.25) is 0 Å². The van der Waals surface area contributed by atoms with Crippen molar-refractivity contribution in [2.75, 3.05) is 0 Å². The highest BCUT2D eigenvalue weighted by molar-refractivity contribution is 5.94. The Hall–Kier alpha value is -1.92. The van der Waals surface area contributed by atoms with Crippen LogP contribution in [-0.2, 0) is 4.79 Å². The number of carboxylic acids is 1. The van der Waals surface area contributed by atoms with Gasteiger partial charge in [-0.3, -0.25) is 4.79 Å². The fraction of sp³-hybridized carbons (Fsp3) is 0.667. The summed E-state index contributed by atoms with van der Waals surface area (Å²) in [5.74, 6) is -1.12. The number of H-pyrrole nitrogens is 1. The van der Waals surface area contributed by atoms with Crippen LogP contribution < -0.4 is 5.32 Å². The van der Waals surface area contributed by atoms with Crippen molar-refractivity contribution in [2.45, 2.75) is 44.6 Å². The monoisotopic (exact) mass is 266 g/mol. The van der Waals surface area contributed by atoms with Gasteiger partial charge in [-0.1, -0.05) is 32.1 Å². The number of rotatable bonds is 5. The predicted octanol–water partition coefficient (Wildman–Crippen LogP) is 0.958. The molecule has 1 atom stereocenters. The maximum absolute atomic E-state index is 11.8. The van der Waals surface area contributed by atoms with E-state index < -0.39 is 17.9 Å². The summed E-state index contributed by atoms with van der Waals surface area (Å²) in [6.07, 6.45) is 7.36. The summed E-state index contributed by atoms with van der Waals surface area (Å²) in [6, 6.07) is -0.854. The van der Waals surface area contributed by atoms with Gasteiger partial charge in [0.2, 0.25) is 0 Å². The zero-order valence-electron chi connectivity index (χ0n) is 10.6. The Balaban J connectivity index is 1.92. The zero-order chi connectivity index (χ0) is 13.7. The summed E-state index contributed by atoms with van der Waals surface area (Å²) in [5.41, 5.74) is 0.106. The van der Waals surface area contributed by atoms with Gasteiger partial charge in [0.1, 0.15) is 6.04 Å². The number of nitrogens with zero attached hydrogens (tertiary/aromatic N) is 2. The van der Waals surface area contributed by atoms with E-state index in [1.165, 1.54) is 12.6 Å². The smallest absolute Gasteiger partial charge is 0.326 e. The predicted molar refractivity (Wildman–Crippen MR) is 66.5 cm³/mol. The van der Waals surface area contributed by atoms with E-state index in [0.717, 1.165) is 25.7 Å². The van der Waals surface area contributed by atoms with E-state index in [4.69, 9.17) is 0 Å². The first-order valence-corrected chi connectivity index (χ1v) is 6.56. The van der Waals surface area contributed by atoms with Crippen LogP contribution in [0.1, 0.15) is 49.0 Å². The van der Waals surface area contributed by atoms with Crippen molar-refractivity contribution in [2.24, 2.45) is 5.92 Å². The summed E-state index contributed by atoms with van der Waals surface area (Å²) >= 11 is 0. The minimum absolute atomic E-state index is 0.106. The Morgan fingerprint density at radius 2 is 2.16 bits per heavy atom. The fourth-order valence-electron chi connectivity index (χ4n) is 2.52. The fourth-order valence-corrected chi connectivity index (χ4v) is 2.52. The molecule has 1 heterocycles. The van der Waals surface area contributed by atoms with Crippen LogP contribution in [0, 0.1) is 5.92 Å². The lowest BCUT2D eigenvalue weighted by molar-refractivity contribution is -0.139. The lowest BCUT2D eigenvalue weighted by Crippen LogP contribution is -2.42. The second kappa shape index (κ2) is 6.31. The molecule has 1 aromatic rings. The molecule has 0 radical (unpaired) electrons. The van der Waals surface area contributed by atoms with E-state index in [9.17, 15) is 14.7 Å². The first-order chi connectivity index (χ1) is 9.16. The molecule has 7 heteroatoms. The lowest BCUT2D eigenvalue weighted by atomic mass is 9.85. The average molecular weight is 266 g/mol. The number of amides is 1. The van der Waals surface area contributed by atoms with Crippen LogP contribution in [-0.4, -0.2) is 38.4 Å². The highest BCUT2D eigenvalue weighted by Crippen LogP contribution is 2.27. The van der Waals surface area contributed by atoms with Crippen molar-refractivity contribution < 1.29 is 14.7 Å². The van der Waals surface area contributed by atoms with Crippen molar-refractivity contribution >= 4 is 11.9 Å². The Kier molecular flexibility index (Phi) is 4.48. The summed E-state index contributed by atoms with van der Waals surface area (Å²) in [7, 11) is 0. The number of aromatic amines is 1. The molecule has 1 fully saturated rings. The summed E-state index contributed by atoms with van der Waals surface area (Å²) in [6.45, 7) is 0. The van der Waals surface area contributed by atoms with Crippen molar-refractivity contribution in [1.29, 1.82) is 0 Å². The number of aromatic nitrogens is 3. The van der Waals surface area contributed by atoms with E-state index in [1.54, 1.807) is 0 Å². The van der Waals surface area contributed by atoms with Gasteiger partial charge < -0.3 is 10.4 Å². The number of carboxylic acid groups (broad SMARTS) is 1. The van der Waals surface area contributed by atoms with Crippen LogP contribution >= 0.6 is 0 Å². The molecular weight excluding hydrogens is 248 g/mol. The zero-order valence-corrected chi connectivity index (χ0v) is 10.6. The van der Waals surface area contributed by atoms with E-state index in [-0.39, 0.29) is 5.69 Å². The number of hydrogen-bond donors (Lipinski definition) is 3. The molecule has 0 aliphatic heterocycles. The average Bonchev–Trinajstić information content (AvgIpc) is 2.93. The first-order valence-electron chi connectivity index (χ1n) is 6.56. The maximum Gasteiger partial charge on any atom is 0.326 e. The highest BCUT2D eigenvalue weighted by Gasteiger charge is 2.26. The Morgan fingerprint density at radius 3 is 2.74 bits per heavy atom. The quantitative estimate of drug-likeness (QED) is 0.735. The number of carbonyl (C=O) groups excluding carboxylic acids is 1. The van der Waals surface area contributed by atoms with Gasteiger partial charge >= 0.3 is 5.97 Å². The second-order valence-corrected chi connectivity index (χ2v) is 4.96. The van der Waals surface area contributed by atoms with Crippen LogP contribution in [0.3, 0.4) is 0 Å². The van der Waals surface area contributed by atoms with E-state index in [1.807, 2.05) is 0 Å². The van der Waals surface area contributed by atoms with Gasteiger partial charge in [-0.25, -0.2) is 4.79 Å². The molecule has 19 heavy (non-hydrogen) atoms. The standard InChI is InChI=1S/C12H18N4O3/c17-11(10-7-13-16-15-10)14-9(12(18)19)6-8-4-2-1-3-5-8/h7-9H,1-6H2,(H,14,17)(H,18,19)(H,13,15,16). The van der Waals surface area contributed by atoms with Crippen LogP contribution in [0.25, 0.3) is 0 Å². The third-order valence-corrected chi connectivity index (χ3v) is 3.54. The molecule has 0 spiro atoms. The van der Waals surface area contributed by atoms with E-state index in [2.05, 4.69) is 20.7 Å². The van der Waals surface area contributed by atoms with Crippen molar-refractivity contribution in [1.82, 2.24) is 20.7 Å². The summed E-state index contributed by atoms with van der Waals surface area (Å²) < 4.78 is 0. The second-order valence-electron chi connectivity index (χ2n) is 4.96. The van der Waals surface area contributed by atoms with E-state index >= 15 is 0 Å². The molecule has 1 aliphatic rings. The van der Waals surface area contributed by atoms with Crippen molar-refractivity contribution in [3.8, 4) is 0 Å². The summed E-state index contributed by atoms with van der Waals surface area (Å²) in [4.78, 5) is 23.0. The molecule has 0 saturated heterocycles. The molecule has 0 aromatic carbocycles. The molecule has 0 bridgehead atoms. The van der Waals surface area contributed by atoms with Crippen molar-refractivity contribution in [3.05, 3.63) is 11.9 Å². The third-order valence-electron chi connectivity index (χ3n) is 3.54. The molecule has 1 saturated carbocycles. The largest absolute Gasteiger partial charge is 0.480 e. The highest BCUT2D eigenvalue weighted by atomic mass is 16.4. The van der Waals surface area contributed by atoms with Gasteiger partial charge in [-0.05, 0) is 12.3 Å². The number of nitrogens with one attached hydrogen (secondary N) is 2. The minimum atomic E-state index is -0.998. The summed E-state index contributed by atoms with van der Waals surface area (Å²) in [5, 5.41) is 21.2. The minimum Gasteiger partial charge on any atom is -0.480 e. The van der Waals surface area contributed by atoms with Gasteiger partial charge in [-0.2, -0.15) is 15.4 Å². The normalized spacial score (nSPS) is 17.9. The molecule has 1 amide bonds. The Labute approximate surface area is 110 Å². The molecule has 1 aliphatic carbocycles. The van der Waals surface area contributed by atoms with Crippen molar-refractivity contribution in [3.63, 3.8) is 0 Å².